The summed E-state index contributed by atoms with van der Waals surface area (Å²) in [6, 6.07) is 10.7. The molecular weight excluding hydrogens is 329 g/mol. The van der Waals surface area contributed by atoms with Crippen LogP contribution in [-0.4, -0.2) is 42.7 Å². The summed E-state index contributed by atoms with van der Waals surface area (Å²) in [6.07, 6.45) is 3.72. The largest absolute Gasteiger partial charge is 0.332 e. The second kappa shape index (κ2) is 14.1. The molecule has 23 heavy (non-hydrogen) atoms. The average Bonchev–Trinajstić information content (AvgIpc) is 2.56. The Bertz CT molecular complexity index is 373. The predicted octanol–water partition coefficient (Wildman–Crippen LogP) is 5.67. The summed E-state index contributed by atoms with van der Waals surface area (Å²) in [6.45, 7) is 10.2. The first-order valence-corrected chi connectivity index (χ1v) is 9.59. The quantitative estimate of drug-likeness (QED) is 0.225. The second-order valence-corrected chi connectivity index (χ2v) is 7.31. The third kappa shape index (κ3) is 12.8. The van der Waals surface area contributed by atoms with E-state index in [0.717, 1.165) is 30.9 Å². The first kappa shape index (κ1) is 22.7. The van der Waals surface area contributed by atoms with Crippen molar-refractivity contribution in [3.8, 4) is 0 Å². The highest BCUT2D eigenvalue weighted by atomic mass is 35.5. The van der Waals surface area contributed by atoms with Crippen molar-refractivity contribution in [1.82, 2.24) is 0 Å². The van der Waals surface area contributed by atoms with Gasteiger partial charge in [0, 0.05) is 16.8 Å². The van der Waals surface area contributed by atoms with Crippen LogP contribution in [-0.2, 0) is 11.3 Å². The summed E-state index contributed by atoms with van der Waals surface area (Å²) in [5, 5.41) is 0.122. The molecule has 0 heterocycles. The second-order valence-electron chi connectivity index (χ2n) is 6.26. The maximum absolute atomic E-state index is 5.84. The van der Waals surface area contributed by atoms with Crippen molar-refractivity contribution < 1.29 is 9.22 Å². The van der Waals surface area contributed by atoms with Crippen molar-refractivity contribution in [3.05, 3.63) is 35.9 Å². The minimum atomic E-state index is 0.122. The SMILES string of the molecule is CC(Cl)CCl.CCCCCOC[N+](C)(CC)Cc1ccccc1. The molecule has 2 nitrogen and oxygen atoms in total. The summed E-state index contributed by atoms with van der Waals surface area (Å²) in [5.74, 6) is 0.543. The fraction of sp³-hybridized carbons (Fsp3) is 0.684. The number of nitrogens with zero attached hydrogens (tertiary/aromatic N) is 1. The first-order valence-electron chi connectivity index (χ1n) is 8.62. The Hall–Kier alpha value is -0.280. The van der Waals surface area contributed by atoms with Crippen LogP contribution in [0.25, 0.3) is 0 Å². The molecule has 134 valence electrons. The number of quaternary nitrogens is 1. The molecule has 0 aliphatic heterocycles. The lowest BCUT2D eigenvalue weighted by atomic mass is 10.2. The monoisotopic (exact) mass is 362 g/mol. The molecule has 0 aliphatic rings. The maximum atomic E-state index is 5.84. The van der Waals surface area contributed by atoms with E-state index >= 15 is 0 Å². The highest BCUT2D eigenvalue weighted by Crippen LogP contribution is 2.12. The highest BCUT2D eigenvalue weighted by molar-refractivity contribution is 6.27. The van der Waals surface area contributed by atoms with Crippen LogP contribution in [0.3, 0.4) is 0 Å². The van der Waals surface area contributed by atoms with E-state index in [-0.39, 0.29) is 5.38 Å². The number of benzene rings is 1. The minimum Gasteiger partial charge on any atom is -0.332 e. The van der Waals surface area contributed by atoms with Gasteiger partial charge in [0.05, 0.1) is 20.2 Å². The molecule has 0 aromatic heterocycles. The van der Waals surface area contributed by atoms with Gasteiger partial charge in [-0.3, -0.25) is 4.48 Å². The van der Waals surface area contributed by atoms with E-state index in [1.165, 1.54) is 24.8 Å². The summed E-state index contributed by atoms with van der Waals surface area (Å²) in [7, 11) is 2.27. The summed E-state index contributed by atoms with van der Waals surface area (Å²) in [5.41, 5.74) is 1.39. The van der Waals surface area contributed by atoms with Gasteiger partial charge >= 0.3 is 0 Å². The number of alkyl halides is 2. The van der Waals surface area contributed by atoms with Crippen LogP contribution in [0.1, 0.15) is 45.6 Å². The van der Waals surface area contributed by atoms with Crippen LogP contribution in [0.2, 0.25) is 0 Å². The lowest BCUT2D eigenvalue weighted by Crippen LogP contribution is -2.44. The van der Waals surface area contributed by atoms with Gasteiger partial charge in [-0.25, -0.2) is 0 Å². The van der Waals surface area contributed by atoms with Gasteiger partial charge in [0.15, 0.2) is 6.73 Å². The molecule has 2 atom stereocenters. The Kier molecular flexibility index (Phi) is 13.9. The molecule has 4 heteroatoms. The zero-order valence-corrected chi connectivity index (χ0v) is 16.7. The average molecular weight is 363 g/mol. The van der Waals surface area contributed by atoms with Gasteiger partial charge in [0.1, 0.15) is 6.54 Å². The number of rotatable bonds is 10. The fourth-order valence-corrected chi connectivity index (χ4v) is 2.01. The Morgan fingerprint density at radius 3 is 2.22 bits per heavy atom. The van der Waals surface area contributed by atoms with Gasteiger partial charge in [0.2, 0.25) is 0 Å². The molecule has 0 N–H and O–H groups in total. The molecule has 0 radical (unpaired) electrons. The van der Waals surface area contributed by atoms with E-state index in [1.54, 1.807) is 0 Å². The van der Waals surface area contributed by atoms with Gasteiger partial charge in [-0.1, -0.05) is 50.1 Å². The molecule has 0 spiro atoms. The Morgan fingerprint density at radius 2 is 1.74 bits per heavy atom. The van der Waals surface area contributed by atoms with Gasteiger partial charge < -0.3 is 4.74 Å². The fourth-order valence-electron chi connectivity index (χ4n) is 2.01. The Balaban J connectivity index is 0.000000841. The molecule has 2 unspecified atom stereocenters. The molecular formula is C19H34Cl2NO+. The van der Waals surface area contributed by atoms with Crippen molar-refractivity contribution in [2.45, 2.75) is 52.0 Å². The van der Waals surface area contributed by atoms with Crippen molar-refractivity contribution in [2.24, 2.45) is 0 Å². The van der Waals surface area contributed by atoms with Crippen LogP contribution in [0, 0.1) is 0 Å². The molecule has 1 rings (SSSR count). The van der Waals surface area contributed by atoms with Crippen molar-refractivity contribution in [3.63, 3.8) is 0 Å². The van der Waals surface area contributed by atoms with Gasteiger partial charge in [0.25, 0.3) is 0 Å². The van der Waals surface area contributed by atoms with E-state index in [1.807, 2.05) is 6.92 Å². The molecule has 0 amide bonds. The topological polar surface area (TPSA) is 9.23 Å². The summed E-state index contributed by atoms with van der Waals surface area (Å²) in [4.78, 5) is 0. The zero-order chi connectivity index (χ0) is 17.6. The number of ether oxygens (including phenoxy) is 1. The minimum absolute atomic E-state index is 0.122. The van der Waals surface area contributed by atoms with Crippen molar-refractivity contribution in [1.29, 1.82) is 0 Å². The number of unbranched alkanes of at least 4 members (excludes halogenated alkanes) is 2. The Morgan fingerprint density at radius 1 is 1.13 bits per heavy atom. The molecule has 0 saturated heterocycles. The van der Waals surface area contributed by atoms with Crippen LogP contribution in [0.15, 0.2) is 30.3 Å². The van der Waals surface area contributed by atoms with Crippen molar-refractivity contribution in [2.75, 3.05) is 32.8 Å². The normalized spacial score (nSPS) is 14.5. The van der Waals surface area contributed by atoms with Crippen LogP contribution in [0.5, 0.6) is 0 Å². The predicted molar refractivity (Wildman–Crippen MR) is 103 cm³/mol. The van der Waals surface area contributed by atoms with E-state index in [9.17, 15) is 0 Å². The maximum Gasteiger partial charge on any atom is 0.183 e. The van der Waals surface area contributed by atoms with Gasteiger partial charge in [-0.05, 0) is 20.3 Å². The number of hydrogen-bond donors (Lipinski definition) is 0. The summed E-state index contributed by atoms with van der Waals surface area (Å²) < 4.78 is 6.79. The Labute approximate surface area is 153 Å². The van der Waals surface area contributed by atoms with E-state index in [4.69, 9.17) is 27.9 Å². The first-order chi connectivity index (χ1) is 11.0. The molecule has 0 fully saturated rings. The lowest BCUT2D eigenvalue weighted by Gasteiger charge is -2.33. The third-order valence-corrected chi connectivity index (χ3v) is 4.45. The van der Waals surface area contributed by atoms with E-state index < -0.39 is 0 Å². The standard InChI is InChI=1S/C16H28NO.C3H6Cl2/c1-4-6-10-13-18-15-17(3,5-2)14-16-11-8-7-9-12-16;1-3(5)2-4/h7-9,11-12H,4-6,10,13-15H2,1-3H3;3H,2H2,1H3/q+1;. The van der Waals surface area contributed by atoms with Gasteiger partial charge in [-0.2, -0.15) is 0 Å². The van der Waals surface area contributed by atoms with Gasteiger partial charge in [-0.15, -0.1) is 23.2 Å². The van der Waals surface area contributed by atoms with Crippen LogP contribution >= 0.6 is 23.2 Å². The smallest absolute Gasteiger partial charge is 0.183 e. The number of halogens is 2. The van der Waals surface area contributed by atoms with Crippen molar-refractivity contribution >= 4 is 23.2 Å². The molecule has 1 aromatic rings. The van der Waals surface area contributed by atoms with E-state index in [2.05, 4.69) is 51.2 Å². The zero-order valence-electron chi connectivity index (χ0n) is 15.2. The molecule has 1 aromatic carbocycles. The summed E-state index contributed by atoms with van der Waals surface area (Å²) >= 11 is 10.5. The van der Waals surface area contributed by atoms with Crippen LogP contribution < -0.4 is 0 Å². The number of hydrogen-bond acceptors (Lipinski definition) is 1. The lowest BCUT2D eigenvalue weighted by molar-refractivity contribution is -0.939. The highest BCUT2D eigenvalue weighted by Gasteiger charge is 2.19. The van der Waals surface area contributed by atoms with Crippen LogP contribution in [0.4, 0.5) is 0 Å². The third-order valence-electron chi connectivity index (χ3n) is 3.68. The van der Waals surface area contributed by atoms with E-state index in [0.29, 0.717) is 5.88 Å². The molecule has 0 bridgehead atoms. The molecule has 0 saturated carbocycles. The molecule has 0 aliphatic carbocycles.